The number of nitrogens with one attached hydrogen (secondary N) is 1. The van der Waals surface area contributed by atoms with Gasteiger partial charge < -0.3 is 14.8 Å². The molecule has 0 atom stereocenters. The van der Waals surface area contributed by atoms with Gasteiger partial charge in [-0.3, -0.25) is 9.28 Å². The van der Waals surface area contributed by atoms with Gasteiger partial charge in [0, 0.05) is 11.4 Å². The number of amides is 1. The first-order valence-corrected chi connectivity index (χ1v) is 15.2. The third-order valence-electron chi connectivity index (χ3n) is 6.60. The van der Waals surface area contributed by atoms with Gasteiger partial charge in [-0.15, -0.1) is 11.8 Å². The van der Waals surface area contributed by atoms with Crippen LogP contribution in [-0.4, -0.2) is 52.4 Å². The van der Waals surface area contributed by atoms with Crippen LogP contribution in [0.4, 0.5) is 5.69 Å². The number of esters is 1. The smallest absolute Gasteiger partial charge is 0.343 e. The molecule has 0 saturated carbocycles. The topological polar surface area (TPSA) is 64.6 Å². The van der Waals surface area contributed by atoms with Crippen molar-refractivity contribution in [1.82, 2.24) is 9.80 Å². The van der Waals surface area contributed by atoms with Gasteiger partial charge in [-0.1, -0.05) is 37.8 Å². The number of hydrogen-bond donors (Lipinski definition) is 1. The Morgan fingerprint density at radius 3 is 1.98 bits per heavy atom. The minimum atomic E-state index is -0.370. The Morgan fingerprint density at radius 1 is 0.750 bits per heavy atom. The molecule has 40 heavy (non-hydrogen) atoms. The maximum Gasteiger partial charge on any atom is 0.343 e. The molecule has 214 valence electrons. The van der Waals surface area contributed by atoms with Crippen molar-refractivity contribution < 1.29 is 19.1 Å². The van der Waals surface area contributed by atoms with Crippen LogP contribution in [0.1, 0.15) is 54.4 Å². The zero-order valence-corrected chi connectivity index (χ0v) is 25.1. The van der Waals surface area contributed by atoms with Gasteiger partial charge in [0.2, 0.25) is 5.91 Å². The molecule has 0 fully saturated rings. The Balaban J connectivity index is 1.19. The number of thioether (sulfide) groups is 1. The first-order valence-electron chi connectivity index (χ1n) is 14.0. The van der Waals surface area contributed by atoms with E-state index < -0.39 is 0 Å². The van der Waals surface area contributed by atoms with Gasteiger partial charge in [0.15, 0.2) is 0 Å². The van der Waals surface area contributed by atoms with E-state index >= 15 is 0 Å². The maximum absolute atomic E-state index is 12.3. The molecule has 0 spiro atoms. The van der Waals surface area contributed by atoms with E-state index in [1.807, 2.05) is 42.7 Å². The van der Waals surface area contributed by atoms with E-state index in [4.69, 9.17) is 9.47 Å². The molecule has 6 nitrogen and oxygen atoms in total. The summed E-state index contributed by atoms with van der Waals surface area (Å²) in [5, 5.41) is 3.04. The SMILES string of the molecule is CSc1ccc(C(=O)Oc2ccc(OCCCCCCCCNC(=O)Cc3ccc([N+](C)(C)C)cc3)cc2)cc1. The van der Waals surface area contributed by atoms with Crippen molar-refractivity contribution in [2.45, 2.75) is 49.8 Å². The largest absolute Gasteiger partial charge is 0.494 e. The number of benzene rings is 3. The van der Waals surface area contributed by atoms with Gasteiger partial charge >= 0.3 is 5.97 Å². The van der Waals surface area contributed by atoms with Crippen LogP contribution >= 0.6 is 11.8 Å². The number of unbranched alkanes of at least 4 members (excludes halogenated alkanes) is 5. The molecule has 1 N–H and O–H groups in total. The quantitative estimate of drug-likeness (QED) is 0.0675. The zero-order valence-electron chi connectivity index (χ0n) is 24.3. The Kier molecular flexibility index (Phi) is 12.6. The van der Waals surface area contributed by atoms with Crippen LogP contribution in [0, 0.1) is 0 Å². The molecule has 7 heteroatoms. The van der Waals surface area contributed by atoms with E-state index in [2.05, 4.69) is 38.6 Å². The molecule has 0 bridgehead atoms. The van der Waals surface area contributed by atoms with Crippen molar-refractivity contribution in [3.63, 3.8) is 0 Å². The summed E-state index contributed by atoms with van der Waals surface area (Å²) < 4.78 is 12.1. The molecule has 3 aromatic carbocycles. The Morgan fingerprint density at radius 2 is 1.35 bits per heavy atom. The van der Waals surface area contributed by atoms with E-state index in [-0.39, 0.29) is 11.9 Å². The van der Waals surface area contributed by atoms with E-state index in [9.17, 15) is 9.59 Å². The third kappa shape index (κ3) is 11.1. The average Bonchev–Trinajstić information content (AvgIpc) is 2.94. The van der Waals surface area contributed by atoms with Gasteiger partial charge in [-0.2, -0.15) is 0 Å². The van der Waals surface area contributed by atoms with Gasteiger partial charge in [0.05, 0.1) is 39.7 Å². The summed E-state index contributed by atoms with van der Waals surface area (Å²) in [5.41, 5.74) is 2.79. The van der Waals surface area contributed by atoms with Crippen LogP contribution in [0.15, 0.2) is 77.7 Å². The average molecular weight is 564 g/mol. The van der Waals surface area contributed by atoms with Crippen molar-refractivity contribution in [1.29, 1.82) is 0 Å². The summed E-state index contributed by atoms with van der Waals surface area (Å²) in [6.45, 7) is 1.39. The molecule has 3 aromatic rings. The lowest BCUT2D eigenvalue weighted by molar-refractivity contribution is -0.120. The van der Waals surface area contributed by atoms with Crippen molar-refractivity contribution in [3.8, 4) is 11.5 Å². The van der Waals surface area contributed by atoms with Crippen LogP contribution in [0.25, 0.3) is 0 Å². The predicted octanol–water partition coefficient (Wildman–Crippen LogP) is 6.90. The lowest BCUT2D eigenvalue weighted by Crippen LogP contribution is -2.34. The molecule has 1 amide bonds. The molecule has 0 aliphatic heterocycles. The highest BCUT2D eigenvalue weighted by atomic mass is 32.2. The highest BCUT2D eigenvalue weighted by Crippen LogP contribution is 2.21. The van der Waals surface area contributed by atoms with Crippen LogP contribution in [-0.2, 0) is 11.2 Å². The number of hydrogen-bond acceptors (Lipinski definition) is 5. The van der Waals surface area contributed by atoms with E-state index in [1.165, 1.54) is 5.69 Å². The van der Waals surface area contributed by atoms with Crippen molar-refractivity contribution in [3.05, 3.63) is 83.9 Å². The van der Waals surface area contributed by atoms with Crippen molar-refractivity contribution in [2.75, 3.05) is 40.6 Å². The molecular weight excluding hydrogens is 520 g/mol. The Labute approximate surface area is 243 Å². The minimum absolute atomic E-state index is 0.0855. The van der Waals surface area contributed by atoms with Gasteiger partial charge in [0.1, 0.15) is 17.2 Å². The standard InChI is InChI=1S/C33H42N2O4S/c1-35(2,3)28-15-11-26(12-16-28)25-32(36)34-23-9-7-5-6-8-10-24-38-29-17-19-30(20-18-29)39-33(37)27-13-21-31(40-4)22-14-27/h11-22H,5-10,23-25H2,1-4H3/p+1. The molecular formula is C33H43N2O4S+. The first kappa shape index (κ1) is 31.2. The lowest BCUT2D eigenvalue weighted by atomic mass is 10.1. The van der Waals surface area contributed by atoms with E-state index in [0.717, 1.165) is 65.8 Å². The fraction of sp³-hybridized carbons (Fsp3) is 0.394. The highest BCUT2D eigenvalue weighted by Gasteiger charge is 2.12. The fourth-order valence-corrected chi connectivity index (χ4v) is 4.57. The second-order valence-electron chi connectivity index (χ2n) is 10.8. The van der Waals surface area contributed by atoms with Gasteiger partial charge in [-0.25, -0.2) is 4.79 Å². The number of quaternary nitrogens is 1. The number of ether oxygens (including phenoxy) is 2. The minimum Gasteiger partial charge on any atom is -0.494 e. The maximum atomic E-state index is 12.3. The summed E-state index contributed by atoms with van der Waals surface area (Å²) >= 11 is 1.63. The molecule has 0 heterocycles. The molecule has 0 saturated heterocycles. The number of carbonyl (C=O) groups excluding carboxylic acids is 2. The van der Waals surface area contributed by atoms with Crippen molar-refractivity contribution >= 4 is 29.3 Å². The Bertz CT molecular complexity index is 1190. The van der Waals surface area contributed by atoms with Crippen molar-refractivity contribution in [2.24, 2.45) is 0 Å². The van der Waals surface area contributed by atoms with Crippen LogP contribution in [0.2, 0.25) is 0 Å². The predicted molar refractivity (Wildman–Crippen MR) is 166 cm³/mol. The fourth-order valence-electron chi connectivity index (χ4n) is 4.16. The first-order chi connectivity index (χ1) is 19.2. The summed E-state index contributed by atoms with van der Waals surface area (Å²) in [6.07, 6.45) is 8.96. The van der Waals surface area contributed by atoms with Crippen LogP contribution in [0.5, 0.6) is 11.5 Å². The molecule has 0 aliphatic carbocycles. The summed E-state index contributed by atoms with van der Waals surface area (Å²) in [4.78, 5) is 25.6. The molecule has 0 radical (unpaired) electrons. The van der Waals surface area contributed by atoms with Crippen LogP contribution in [0.3, 0.4) is 0 Å². The molecule has 3 rings (SSSR count). The van der Waals surface area contributed by atoms with Crippen LogP contribution < -0.4 is 19.3 Å². The van der Waals surface area contributed by atoms with Gasteiger partial charge in [0.25, 0.3) is 0 Å². The number of rotatable bonds is 16. The highest BCUT2D eigenvalue weighted by molar-refractivity contribution is 7.98. The second kappa shape index (κ2) is 16.1. The van der Waals surface area contributed by atoms with E-state index in [0.29, 0.717) is 24.3 Å². The summed E-state index contributed by atoms with van der Waals surface area (Å²) in [7, 11) is 6.39. The normalized spacial score (nSPS) is 11.2. The monoisotopic (exact) mass is 563 g/mol. The van der Waals surface area contributed by atoms with E-state index in [1.54, 1.807) is 36.0 Å². The number of carbonyl (C=O) groups is 2. The number of nitrogens with zero attached hydrogens (tertiary/aromatic N) is 1. The zero-order chi connectivity index (χ0) is 28.8. The molecule has 0 aliphatic rings. The Hall–Kier alpha value is -3.29. The molecule has 0 unspecified atom stereocenters. The molecule has 0 aromatic heterocycles. The second-order valence-corrected chi connectivity index (χ2v) is 11.6. The summed E-state index contributed by atoms with van der Waals surface area (Å²) in [5.74, 6) is 0.980. The summed E-state index contributed by atoms with van der Waals surface area (Å²) in [6, 6.07) is 22.8. The van der Waals surface area contributed by atoms with Gasteiger partial charge in [-0.05, 0) is 85.3 Å². The lowest BCUT2D eigenvalue weighted by Gasteiger charge is -2.23. The third-order valence-corrected chi connectivity index (χ3v) is 7.34.